The number of rotatable bonds is 16. The van der Waals surface area contributed by atoms with Gasteiger partial charge in [0.25, 0.3) is 21.6 Å². The second-order valence-corrected chi connectivity index (χ2v) is 16.9. The first-order valence-corrected chi connectivity index (χ1v) is 21.0. The molecule has 12 heteroatoms. The first-order valence-electron chi connectivity index (χ1n) is 18.6. The summed E-state index contributed by atoms with van der Waals surface area (Å²) in [6.45, 7) is 8.46. The first-order chi connectivity index (χ1) is 26.6. The largest absolute Gasteiger partial charge is 0.376 e. The summed E-state index contributed by atoms with van der Waals surface area (Å²) >= 11 is 1.65. The molecule has 1 saturated heterocycles. The van der Waals surface area contributed by atoms with Crippen LogP contribution in [0.4, 0.5) is 17.1 Å². The van der Waals surface area contributed by atoms with E-state index in [2.05, 4.69) is 82.2 Å². The molecule has 0 aromatic heterocycles. The van der Waals surface area contributed by atoms with Crippen molar-refractivity contribution in [1.29, 1.82) is 0 Å². The third kappa shape index (κ3) is 10.7. The van der Waals surface area contributed by atoms with Crippen LogP contribution >= 0.6 is 11.8 Å². The lowest BCUT2D eigenvalue weighted by atomic mass is 9.99. The van der Waals surface area contributed by atoms with Crippen molar-refractivity contribution in [1.82, 2.24) is 9.62 Å². The summed E-state index contributed by atoms with van der Waals surface area (Å²) in [6.07, 6.45) is 1.70. The van der Waals surface area contributed by atoms with E-state index in [0.29, 0.717) is 11.7 Å². The van der Waals surface area contributed by atoms with Gasteiger partial charge in [-0.2, -0.15) is 0 Å². The second-order valence-electron chi connectivity index (χ2n) is 14.1. The lowest BCUT2D eigenvalue weighted by Crippen LogP contribution is -2.46. The van der Waals surface area contributed by atoms with Gasteiger partial charge in [-0.05, 0) is 84.0 Å². The fourth-order valence-corrected chi connectivity index (χ4v) is 8.63. The minimum Gasteiger partial charge on any atom is -0.376 e. The van der Waals surface area contributed by atoms with Crippen molar-refractivity contribution in [2.24, 2.45) is 5.92 Å². The predicted octanol–water partition coefficient (Wildman–Crippen LogP) is 8.71. The SMILES string of the molecule is CC(C)CC[C@H](CSc1ccccc1)Nc1ccc(S(=O)(=O)NC(=O)c2ccc(N3CCN(Cc4ccccc4-c4ccccc4)CC3)cc2)cc1[N+](=O)[O-]. The Balaban J connectivity index is 1.06. The van der Waals surface area contributed by atoms with Crippen LogP contribution in [0.3, 0.4) is 0 Å². The van der Waals surface area contributed by atoms with Gasteiger partial charge in [-0.3, -0.25) is 19.8 Å². The first kappa shape index (κ1) is 39.5. The molecule has 286 valence electrons. The van der Waals surface area contributed by atoms with Crippen LogP contribution in [0, 0.1) is 16.0 Å². The number of carbonyl (C=O) groups is 1. The van der Waals surface area contributed by atoms with E-state index in [1.54, 1.807) is 23.9 Å². The Bertz CT molecular complexity index is 2160. The van der Waals surface area contributed by atoms with Gasteiger partial charge in [0.1, 0.15) is 5.69 Å². The number of thioether (sulfide) groups is 1. The summed E-state index contributed by atoms with van der Waals surface area (Å²) < 4.78 is 28.8. The highest BCUT2D eigenvalue weighted by molar-refractivity contribution is 7.99. The molecule has 55 heavy (non-hydrogen) atoms. The van der Waals surface area contributed by atoms with Crippen LogP contribution in [0.15, 0.2) is 137 Å². The molecule has 1 atom stereocenters. The number of sulfonamides is 1. The second kappa shape index (κ2) is 18.4. The van der Waals surface area contributed by atoms with Crippen LogP contribution in [0.1, 0.15) is 42.6 Å². The highest BCUT2D eigenvalue weighted by atomic mass is 32.2. The quantitative estimate of drug-likeness (QED) is 0.0575. The summed E-state index contributed by atoms with van der Waals surface area (Å²) in [4.78, 5) is 30.1. The van der Waals surface area contributed by atoms with Crippen LogP contribution in [0.5, 0.6) is 0 Å². The summed E-state index contributed by atoms with van der Waals surface area (Å²) in [5, 5.41) is 15.5. The van der Waals surface area contributed by atoms with Crippen LogP contribution in [-0.4, -0.2) is 62.1 Å². The number of hydrogen-bond acceptors (Lipinski definition) is 9. The van der Waals surface area contributed by atoms with E-state index in [1.807, 2.05) is 48.5 Å². The molecule has 1 fully saturated rings. The molecule has 6 rings (SSSR count). The number of nitro benzene ring substituents is 1. The lowest BCUT2D eigenvalue weighted by molar-refractivity contribution is -0.384. The number of piperazine rings is 1. The maximum atomic E-state index is 13.3. The number of nitrogens with zero attached hydrogens (tertiary/aromatic N) is 3. The van der Waals surface area contributed by atoms with Crippen molar-refractivity contribution in [2.45, 2.75) is 49.1 Å². The molecule has 0 unspecified atom stereocenters. The Kier molecular flexibility index (Phi) is 13.3. The van der Waals surface area contributed by atoms with E-state index in [-0.39, 0.29) is 27.9 Å². The van der Waals surface area contributed by atoms with E-state index >= 15 is 0 Å². The van der Waals surface area contributed by atoms with Gasteiger partial charge in [-0.25, -0.2) is 13.1 Å². The molecule has 0 saturated carbocycles. The van der Waals surface area contributed by atoms with Crippen molar-refractivity contribution < 1.29 is 18.1 Å². The molecule has 0 spiro atoms. The molecule has 10 nitrogen and oxygen atoms in total. The summed E-state index contributed by atoms with van der Waals surface area (Å²) in [6, 6.07) is 39.3. The molecule has 5 aromatic carbocycles. The molecular formula is C43H47N5O5S2. The zero-order valence-electron chi connectivity index (χ0n) is 31.1. The van der Waals surface area contributed by atoms with Crippen LogP contribution in [0.25, 0.3) is 11.1 Å². The highest BCUT2D eigenvalue weighted by Crippen LogP contribution is 2.31. The number of benzene rings is 5. The van der Waals surface area contributed by atoms with Gasteiger partial charge in [0.05, 0.1) is 9.82 Å². The Labute approximate surface area is 328 Å². The zero-order chi connectivity index (χ0) is 38.8. The minimum absolute atomic E-state index is 0.0947. The molecule has 5 aromatic rings. The maximum absolute atomic E-state index is 13.3. The smallest absolute Gasteiger partial charge is 0.293 e. The van der Waals surface area contributed by atoms with Gasteiger partial charge in [0.15, 0.2) is 0 Å². The molecule has 1 amide bonds. The Morgan fingerprint density at radius 3 is 2.15 bits per heavy atom. The molecule has 1 heterocycles. The van der Waals surface area contributed by atoms with Crippen LogP contribution in [0.2, 0.25) is 0 Å². The molecule has 0 bridgehead atoms. The Hall–Kier alpha value is -5.17. The number of anilines is 2. The maximum Gasteiger partial charge on any atom is 0.293 e. The lowest BCUT2D eigenvalue weighted by Gasteiger charge is -2.36. The standard InChI is InChI=1S/C43H47N5O5S2/c1-32(2)17-20-36(31-54-38-14-7-4-8-15-38)44-41-24-23-39(29-42(41)48(50)51)55(52,53)45-43(49)34-18-21-37(22-19-34)47-27-25-46(26-28-47)30-35-13-9-10-16-40(35)33-11-5-3-6-12-33/h3-16,18-19,21-24,29,32,36,44H,17,20,25-28,30-31H2,1-2H3,(H,45,49)/t36-/m1/s1. The van der Waals surface area contributed by atoms with E-state index < -0.39 is 20.9 Å². The molecule has 0 radical (unpaired) electrons. The van der Waals surface area contributed by atoms with Crippen molar-refractivity contribution in [3.8, 4) is 11.1 Å². The summed E-state index contributed by atoms with van der Waals surface area (Å²) in [5.74, 6) is 0.303. The third-order valence-corrected chi connectivity index (χ3v) is 12.2. The molecular weight excluding hydrogens is 731 g/mol. The van der Waals surface area contributed by atoms with Crippen molar-refractivity contribution >= 4 is 44.8 Å². The Morgan fingerprint density at radius 1 is 0.818 bits per heavy atom. The average molecular weight is 778 g/mol. The van der Waals surface area contributed by atoms with Gasteiger partial charge in [0, 0.05) is 66.7 Å². The topological polar surface area (TPSA) is 125 Å². The minimum atomic E-state index is -4.41. The number of nitrogens with one attached hydrogen (secondary N) is 2. The van der Waals surface area contributed by atoms with Crippen molar-refractivity contribution in [3.63, 3.8) is 0 Å². The van der Waals surface area contributed by atoms with Crippen molar-refractivity contribution in [2.75, 3.05) is 42.1 Å². The Morgan fingerprint density at radius 2 is 1.47 bits per heavy atom. The van der Waals surface area contributed by atoms with Crippen molar-refractivity contribution in [3.05, 3.63) is 149 Å². The molecule has 0 aliphatic carbocycles. The normalized spacial score (nSPS) is 14.1. The number of amides is 1. The van der Waals surface area contributed by atoms with E-state index in [0.717, 1.165) is 62.2 Å². The highest BCUT2D eigenvalue weighted by Gasteiger charge is 2.26. The van der Waals surface area contributed by atoms with Crippen LogP contribution < -0.4 is 14.9 Å². The predicted molar refractivity (Wildman–Crippen MR) is 222 cm³/mol. The third-order valence-electron chi connectivity index (χ3n) is 9.71. The van der Waals surface area contributed by atoms with E-state index in [9.17, 15) is 23.3 Å². The fourth-order valence-electron chi connectivity index (χ4n) is 6.64. The fraction of sp³-hybridized carbons (Fsp3) is 0.279. The number of nitro groups is 1. The monoisotopic (exact) mass is 777 g/mol. The average Bonchev–Trinajstić information content (AvgIpc) is 3.20. The van der Waals surface area contributed by atoms with E-state index in [1.165, 1.54) is 28.8 Å². The molecule has 1 aliphatic heterocycles. The van der Waals surface area contributed by atoms with Gasteiger partial charge in [-0.1, -0.05) is 86.6 Å². The number of hydrogen-bond donors (Lipinski definition) is 2. The molecule has 2 N–H and O–H groups in total. The van der Waals surface area contributed by atoms with Crippen LogP contribution in [-0.2, 0) is 16.6 Å². The zero-order valence-corrected chi connectivity index (χ0v) is 32.8. The number of carbonyl (C=O) groups excluding carboxylic acids is 1. The molecule has 1 aliphatic rings. The summed E-state index contributed by atoms with van der Waals surface area (Å²) in [5.41, 5.74) is 4.69. The van der Waals surface area contributed by atoms with Gasteiger partial charge in [0.2, 0.25) is 0 Å². The van der Waals surface area contributed by atoms with Gasteiger partial charge >= 0.3 is 0 Å². The van der Waals surface area contributed by atoms with Gasteiger partial charge < -0.3 is 10.2 Å². The van der Waals surface area contributed by atoms with E-state index in [4.69, 9.17) is 0 Å². The van der Waals surface area contributed by atoms with Gasteiger partial charge in [-0.15, -0.1) is 11.8 Å². The summed E-state index contributed by atoms with van der Waals surface area (Å²) in [7, 11) is -4.41.